The Bertz CT molecular complexity index is 457. The zero-order chi connectivity index (χ0) is 13.2. The summed E-state index contributed by atoms with van der Waals surface area (Å²) in [7, 11) is 0. The van der Waals surface area contributed by atoms with E-state index in [9.17, 15) is 4.79 Å². The van der Waals surface area contributed by atoms with Gasteiger partial charge in [-0.3, -0.25) is 4.79 Å². The fourth-order valence-corrected chi connectivity index (χ4v) is 3.28. The zero-order valence-electron chi connectivity index (χ0n) is 11.1. The lowest BCUT2D eigenvalue weighted by atomic mass is 9.94. The second-order valence-corrected chi connectivity index (χ2v) is 5.73. The molecule has 3 unspecified atom stereocenters. The molecule has 19 heavy (non-hydrogen) atoms. The molecule has 0 saturated carbocycles. The molecule has 4 heteroatoms. The molecule has 2 fully saturated rings. The van der Waals surface area contributed by atoms with Gasteiger partial charge in [0.05, 0.1) is 6.42 Å². The third kappa shape index (κ3) is 2.89. The van der Waals surface area contributed by atoms with Crippen molar-refractivity contribution in [3.8, 4) is 0 Å². The van der Waals surface area contributed by atoms with Gasteiger partial charge in [-0.2, -0.15) is 0 Å². The standard InChI is InChI=1S/C15H21N3O/c16-15(19)9-11-1-3-13(4-2-11)17-14-6-8-18-7-5-12(14)10-18/h1-4,12,14,17H,5-10H2,(H2,16,19). The monoisotopic (exact) mass is 259 g/mol. The van der Waals surface area contributed by atoms with Crippen molar-refractivity contribution >= 4 is 11.6 Å². The number of hydrogen-bond acceptors (Lipinski definition) is 3. The lowest BCUT2D eigenvalue weighted by Gasteiger charge is -2.31. The highest BCUT2D eigenvalue weighted by Gasteiger charge is 2.33. The molecule has 2 bridgehead atoms. The molecule has 1 aromatic rings. The first-order chi connectivity index (χ1) is 9.20. The summed E-state index contributed by atoms with van der Waals surface area (Å²) in [6.07, 6.45) is 2.87. The van der Waals surface area contributed by atoms with Crippen LogP contribution in [0.15, 0.2) is 24.3 Å². The largest absolute Gasteiger partial charge is 0.382 e. The molecule has 2 aliphatic rings. The third-order valence-corrected chi connectivity index (χ3v) is 4.32. The van der Waals surface area contributed by atoms with Crippen LogP contribution in [0.5, 0.6) is 0 Å². The highest BCUT2D eigenvalue weighted by Crippen LogP contribution is 2.29. The summed E-state index contributed by atoms with van der Waals surface area (Å²) in [5, 5.41) is 3.65. The number of primary amides is 1. The quantitative estimate of drug-likeness (QED) is 0.855. The van der Waals surface area contributed by atoms with Crippen LogP contribution in [0.4, 0.5) is 5.69 Å². The second-order valence-electron chi connectivity index (χ2n) is 5.73. The Labute approximate surface area is 114 Å². The van der Waals surface area contributed by atoms with Gasteiger partial charge >= 0.3 is 0 Å². The molecule has 3 N–H and O–H groups in total. The van der Waals surface area contributed by atoms with Gasteiger partial charge in [-0.05, 0) is 43.0 Å². The number of carbonyl (C=O) groups excluding carboxylic acids is 1. The van der Waals surface area contributed by atoms with Gasteiger partial charge in [0.15, 0.2) is 0 Å². The summed E-state index contributed by atoms with van der Waals surface area (Å²) in [5.74, 6) is 0.512. The molecule has 4 nitrogen and oxygen atoms in total. The van der Waals surface area contributed by atoms with Crippen LogP contribution in [-0.2, 0) is 11.2 Å². The van der Waals surface area contributed by atoms with E-state index >= 15 is 0 Å². The molecule has 0 spiro atoms. The number of fused-ring (bicyclic) bond motifs is 2. The molecule has 2 heterocycles. The Morgan fingerprint density at radius 2 is 2.00 bits per heavy atom. The van der Waals surface area contributed by atoms with Crippen LogP contribution < -0.4 is 11.1 Å². The van der Waals surface area contributed by atoms with Gasteiger partial charge < -0.3 is 16.0 Å². The molecule has 0 aromatic heterocycles. The summed E-state index contributed by atoms with van der Waals surface area (Å²) < 4.78 is 0. The Balaban J connectivity index is 1.61. The number of carbonyl (C=O) groups is 1. The number of nitrogens with two attached hydrogens (primary N) is 1. The molecule has 0 aliphatic carbocycles. The van der Waals surface area contributed by atoms with Gasteiger partial charge in [-0.1, -0.05) is 12.1 Å². The van der Waals surface area contributed by atoms with E-state index < -0.39 is 0 Å². The fraction of sp³-hybridized carbons (Fsp3) is 0.533. The van der Waals surface area contributed by atoms with E-state index in [0.717, 1.165) is 17.2 Å². The summed E-state index contributed by atoms with van der Waals surface area (Å²) in [5.41, 5.74) is 7.33. The molecule has 102 valence electrons. The van der Waals surface area contributed by atoms with Crippen molar-refractivity contribution in [1.82, 2.24) is 4.90 Å². The van der Waals surface area contributed by atoms with Gasteiger partial charge in [0.1, 0.15) is 0 Å². The van der Waals surface area contributed by atoms with Crippen molar-refractivity contribution in [2.24, 2.45) is 11.7 Å². The van der Waals surface area contributed by atoms with Crippen molar-refractivity contribution in [2.45, 2.75) is 25.3 Å². The minimum atomic E-state index is -0.279. The van der Waals surface area contributed by atoms with Crippen LogP contribution in [0.2, 0.25) is 0 Å². The number of benzene rings is 1. The molecule has 2 saturated heterocycles. The van der Waals surface area contributed by atoms with Crippen molar-refractivity contribution in [2.75, 3.05) is 25.0 Å². The van der Waals surface area contributed by atoms with Crippen molar-refractivity contribution in [3.63, 3.8) is 0 Å². The van der Waals surface area contributed by atoms with E-state index in [1.165, 1.54) is 32.5 Å². The Kier molecular flexibility index (Phi) is 3.42. The Hall–Kier alpha value is -1.55. The van der Waals surface area contributed by atoms with Crippen LogP contribution in [0.1, 0.15) is 18.4 Å². The number of anilines is 1. The fourth-order valence-electron chi connectivity index (χ4n) is 3.28. The van der Waals surface area contributed by atoms with Crippen molar-refractivity contribution in [1.29, 1.82) is 0 Å². The highest BCUT2D eigenvalue weighted by molar-refractivity contribution is 5.76. The van der Waals surface area contributed by atoms with Gasteiger partial charge in [0, 0.05) is 24.8 Å². The summed E-state index contributed by atoms with van der Waals surface area (Å²) in [6, 6.07) is 8.67. The number of nitrogens with zero attached hydrogens (tertiary/aromatic N) is 1. The van der Waals surface area contributed by atoms with Crippen LogP contribution in [0.3, 0.4) is 0 Å². The van der Waals surface area contributed by atoms with Crippen LogP contribution in [-0.4, -0.2) is 36.5 Å². The van der Waals surface area contributed by atoms with Crippen LogP contribution in [0, 0.1) is 5.92 Å². The number of nitrogens with one attached hydrogen (secondary N) is 1. The predicted molar refractivity (Wildman–Crippen MR) is 75.9 cm³/mol. The van der Waals surface area contributed by atoms with E-state index in [1.54, 1.807) is 0 Å². The van der Waals surface area contributed by atoms with Crippen molar-refractivity contribution < 1.29 is 4.79 Å². The molecule has 0 radical (unpaired) electrons. The lowest BCUT2D eigenvalue weighted by molar-refractivity contribution is -0.117. The van der Waals surface area contributed by atoms with E-state index in [2.05, 4.69) is 22.3 Å². The van der Waals surface area contributed by atoms with E-state index in [4.69, 9.17) is 5.73 Å². The topological polar surface area (TPSA) is 58.4 Å². The SMILES string of the molecule is NC(=O)Cc1ccc(NC2CCN3CCC2C3)cc1. The summed E-state index contributed by atoms with van der Waals surface area (Å²) in [6.45, 7) is 3.73. The minimum absolute atomic E-state index is 0.279. The first kappa shape index (κ1) is 12.5. The molecule has 1 amide bonds. The molecule has 2 aliphatic heterocycles. The van der Waals surface area contributed by atoms with E-state index in [1.807, 2.05) is 12.1 Å². The Morgan fingerprint density at radius 1 is 1.26 bits per heavy atom. The average molecular weight is 259 g/mol. The molecule has 3 atom stereocenters. The van der Waals surface area contributed by atoms with E-state index in [-0.39, 0.29) is 5.91 Å². The van der Waals surface area contributed by atoms with Gasteiger partial charge in [0.2, 0.25) is 5.91 Å². The molecule has 1 aromatic carbocycles. The van der Waals surface area contributed by atoms with Crippen LogP contribution >= 0.6 is 0 Å². The maximum absolute atomic E-state index is 10.9. The van der Waals surface area contributed by atoms with Gasteiger partial charge in [-0.25, -0.2) is 0 Å². The first-order valence-corrected chi connectivity index (χ1v) is 7.07. The zero-order valence-corrected chi connectivity index (χ0v) is 11.1. The third-order valence-electron chi connectivity index (χ3n) is 4.32. The first-order valence-electron chi connectivity index (χ1n) is 7.07. The van der Waals surface area contributed by atoms with Gasteiger partial charge in [-0.15, -0.1) is 0 Å². The number of piperidine rings is 1. The molecule has 3 rings (SSSR count). The maximum Gasteiger partial charge on any atom is 0.221 e. The van der Waals surface area contributed by atoms with Crippen LogP contribution in [0.25, 0.3) is 0 Å². The number of rotatable bonds is 4. The normalized spacial score (nSPS) is 29.2. The lowest BCUT2D eigenvalue weighted by Crippen LogP contribution is -2.39. The predicted octanol–water partition coefficient (Wildman–Crippen LogP) is 1.22. The highest BCUT2D eigenvalue weighted by atomic mass is 16.1. The minimum Gasteiger partial charge on any atom is -0.382 e. The number of amides is 1. The summed E-state index contributed by atoms with van der Waals surface area (Å²) >= 11 is 0. The van der Waals surface area contributed by atoms with Crippen molar-refractivity contribution in [3.05, 3.63) is 29.8 Å². The average Bonchev–Trinajstić information content (AvgIpc) is 2.77. The summed E-state index contributed by atoms with van der Waals surface area (Å²) in [4.78, 5) is 13.4. The smallest absolute Gasteiger partial charge is 0.221 e. The Morgan fingerprint density at radius 3 is 2.74 bits per heavy atom. The molecular formula is C15H21N3O. The molecular weight excluding hydrogens is 238 g/mol. The van der Waals surface area contributed by atoms with Gasteiger partial charge in [0.25, 0.3) is 0 Å². The van der Waals surface area contributed by atoms with E-state index in [0.29, 0.717) is 12.5 Å². The number of hydrogen-bond donors (Lipinski definition) is 2. The maximum atomic E-state index is 10.9. The second kappa shape index (κ2) is 5.21.